The molecule has 1 aromatic carbocycles. The third kappa shape index (κ3) is 3.87. The number of hydrazone groups is 1. The van der Waals surface area contributed by atoms with Crippen molar-refractivity contribution < 1.29 is 9.53 Å². The van der Waals surface area contributed by atoms with Gasteiger partial charge in [0.05, 0.1) is 20.9 Å². The Morgan fingerprint density at radius 3 is 2.68 bits per heavy atom. The molecule has 0 spiro atoms. The highest BCUT2D eigenvalue weighted by atomic mass is 79.9. The van der Waals surface area contributed by atoms with Crippen molar-refractivity contribution in [1.82, 2.24) is 15.5 Å². The topological polar surface area (TPSA) is 126 Å². The van der Waals surface area contributed by atoms with Gasteiger partial charge >= 0.3 is 6.03 Å². The number of aromatic amines is 1. The molecule has 0 saturated carbocycles. The Hall–Kier alpha value is -2.85. The van der Waals surface area contributed by atoms with E-state index in [4.69, 9.17) is 22.1 Å². The molecule has 0 fully saturated rings. The maximum absolute atomic E-state index is 12.1. The normalized spacial score (nSPS) is 14.2. The van der Waals surface area contributed by atoms with E-state index in [0.717, 1.165) is 5.01 Å². The number of rotatable bonds is 4. The Kier molecular flexibility index (Phi) is 5.43. The highest BCUT2D eigenvalue weighted by Crippen LogP contribution is 2.40. The summed E-state index contributed by atoms with van der Waals surface area (Å²) in [5, 5.41) is 14.0. The molecule has 0 radical (unpaired) electrons. The van der Waals surface area contributed by atoms with Gasteiger partial charge in [0.25, 0.3) is 5.56 Å². The summed E-state index contributed by atoms with van der Waals surface area (Å²) in [6.45, 7) is 7.36. The number of anilines is 1. The first-order valence-corrected chi connectivity index (χ1v) is 9.25. The van der Waals surface area contributed by atoms with Gasteiger partial charge in [0.15, 0.2) is 11.6 Å². The maximum Gasteiger partial charge on any atom is 0.347 e. The van der Waals surface area contributed by atoms with E-state index in [1.807, 2.05) is 13.8 Å². The van der Waals surface area contributed by atoms with Crippen molar-refractivity contribution in [2.24, 2.45) is 10.8 Å². The molecule has 28 heavy (non-hydrogen) atoms. The summed E-state index contributed by atoms with van der Waals surface area (Å²) >= 11 is 9.71. The average Bonchev–Trinajstić information content (AvgIpc) is 2.62. The smallest absolute Gasteiger partial charge is 0.347 e. The van der Waals surface area contributed by atoms with Crippen LogP contribution in [0.5, 0.6) is 11.6 Å². The fourth-order valence-corrected chi connectivity index (χ4v) is 3.28. The molecule has 2 heterocycles. The van der Waals surface area contributed by atoms with E-state index in [-0.39, 0.29) is 39.7 Å². The lowest BCUT2D eigenvalue weighted by Gasteiger charge is -2.24. The van der Waals surface area contributed by atoms with Crippen LogP contribution in [0, 0.1) is 0 Å². The van der Waals surface area contributed by atoms with Gasteiger partial charge in [0.2, 0.25) is 5.88 Å². The SMILES string of the molecule is C=C1NC(=O)N(c2cc(Cl)c(Oc3cc(C(C)C)c(=O)[nH]n3)c(Br)c2)N=C1N. The monoisotopic (exact) mass is 466 g/mol. The number of H-pyrrole nitrogens is 1. The van der Waals surface area contributed by atoms with E-state index in [1.165, 1.54) is 6.07 Å². The van der Waals surface area contributed by atoms with Crippen molar-refractivity contribution in [1.29, 1.82) is 0 Å². The average molecular weight is 468 g/mol. The van der Waals surface area contributed by atoms with Crippen LogP contribution >= 0.6 is 27.5 Å². The van der Waals surface area contributed by atoms with Crippen LogP contribution in [0.1, 0.15) is 25.3 Å². The third-order valence-corrected chi connectivity index (χ3v) is 4.70. The number of amides is 2. The standard InChI is InChI=1S/C17H16BrClN6O3/c1-7(2)10-6-13(22-23-16(10)26)28-14-11(18)4-9(5-12(14)19)25-17(27)21-8(3)15(20)24-25/h4-7H,3H2,1-2H3,(H2,20,24)(H,21,27)(H,23,26). The van der Waals surface area contributed by atoms with Gasteiger partial charge in [-0.15, -0.1) is 10.2 Å². The van der Waals surface area contributed by atoms with Crippen molar-refractivity contribution in [2.75, 3.05) is 5.01 Å². The van der Waals surface area contributed by atoms with Crippen LogP contribution in [0.25, 0.3) is 0 Å². The number of amidine groups is 1. The molecule has 3 rings (SSSR count). The van der Waals surface area contributed by atoms with Crippen LogP contribution in [-0.2, 0) is 0 Å². The zero-order valence-corrected chi connectivity index (χ0v) is 17.3. The Labute approximate surface area is 173 Å². The van der Waals surface area contributed by atoms with Crippen LogP contribution in [0.3, 0.4) is 0 Å². The van der Waals surface area contributed by atoms with E-state index in [1.54, 1.807) is 12.1 Å². The molecular weight excluding hydrogens is 452 g/mol. The minimum absolute atomic E-state index is 0.00826. The lowest BCUT2D eigenvalue weighted by molar-refractivity contribution is 0.248. The molecular formula is C17H16BrClN6O3. The number of carbonyl (C=O) groups is 1. The zero-order valence-electron chi connectivity index (χ0n) is 14.9. The summed E-state index contributed by atoms with van der Waals surface area (Å²) < 4.78 is 6.18. The number of hydrogen-bond donors (Lipinski definition) is 3. The van der Waals surface area contributed by atoms with Crippen molar-refractivity contribution >= 4 is 45.1 Å². The van der Waals surface area contributed by atoms with E-state index in [2.05, 4.69) is 43.1 Å². The fourth-order valence-electron chi connectivity index (χ4n) is 2.39. The lowest BCUT2D eigenvalue weighted by Crippen LogP contribution is -2.45. The number of nitrogens with two attached hydrogens (primary N) is 1. The van der Waals surface area contributed by atoms with E-state index in [0.29, 0.717) is 15.7 Å². The van der Waals surface area contributed by atoms with Crippen LogP contribution < -0.4 is 26.4 Å². The Morgan fingerprint density at radius 2 is 2.04 bits per heavy atom. The molecule has 0 atom stereocenters. The predicted octanol–water partition coefficient (Wildman–Crippen LogP) is 3.42. The maximum atomic E-state index is 12.1. The molecule has 9 nitrogen and oxygen atoms in total. The van der Waals surface area contributed by atoms with Gasteiger partial charge < -0.3 is 15.8 Å². The minimum Gasteiger partial charge on any atom is -0.435 e. The summed E-state index contributed by atoms with van der Waals surface area (Å²) in [5.74, 6) is 0.503. The second-order valence-corrected chi connectivity index (χ2v) is 7.45. The van der Waals surface area contributed by atoms with Gasteiger partial charge in [-0.2, -0.15) is 5.01 Å². The van der Waals surface area contributed by atoms with Crippen molar-refractivity contribution in [2.45, 2.75) is 19.8 Å². The first kappa shape index (κ1) is 19.9. The Morgan fingerprint density at radius 1 is 1.32 bits per heavy atom. The number of nitrogens with one attached hydrogen (secondary N) is 2. The third-order valence-electron chi connectivity index (χ3n) is 3.83. The molecule has 2 aromatic rings. The van der Waals surface area contributed by atoms with Crippen LogP contribution in [0.2, 0.25) is 5.02 Å². The summed E-state index contributed by atoms with van der Waals surface area (Å²) in [6, 6.07) is 4.09. The molecule has 2 amide bonds. The highest BCUT2D eigenvalue weighted by molar-refractivity contribution is 9.10. The second kappa shape index (κ2) is 7.64. The summed E-state index contributed by atoms with van der Waals surface area (Å²) in [5.41, 5.74) is 6.54. The molecule has 1 aliphatic rings. The summed E-state index contributed by atoms with van der Waals surface area (Å²) in [6.07, 6.45) is 0. The number of benzene rings is 1. The van der Waals surface area contributed by atoms with Crippen LogP contribution in [-0.4, -0.2) is 22.1 Å². The van der Waals surface area contributed by atoms with E-state index >= 15 is 0 Å². The largest absolute Gasteiger partial charge is 0.435 e. The highest BCUT2D eigenvalue weighted by Gasteiger charge is 2.25. The quantitative estimate of drug-likeness (QED) is 0.635. The molecule has 0 saturated heterocycles. The van der Waals surface area contributed by atoms with Crippen LogP contribution in [0.4, 0.5) is 10.5 Å². The minimum atomic E-state index is -0.528. The zero-order chi connectivity index (χ0) is 20.6. The number of ether oxygens (including phenoxy) is 1. The second-order valence-electron chi connectivity index (χ2n) is 6.19. The van der Waals surface area contributed by atoms with Crippen molar-refractivity contribution in [3.05, 3.63) is 55.9 Å². The summed E-state index contributed by atoms with van der Waals surface area (Å²) in [7, 11) is 0. The lowest BCUT2D eigenvalue weighted by atomic mass is 10.1. The molecule has 1 aliphatic heterocycles. The van der Waals surface area contributed by atoms with Gasteiger partial charge in [-0.1, -0.05) is 32.0 Å². The first-order valence-electron chi connectivity index (χ1n) is 8.08. The predicted molar refractivity (Wildman–Crippen MR) is 110 cm³/mol. The molecule has 0 bridgehead atoms. The van der Waals surface area contributed by atoms with Gasteiger partial charge in [-0.25, -0.2) is 9.89 Å². The van der Waals surface area contributed by atoms with Crippen molar-refractivity contribution in [3.63, 3.8) is 0 Å². The molecule has 0 unspecified atom stereocenters. The van der Waals surface area contributed by atoms with Gasteiger partial charge in [-0.3, -0.25) is 4.79 Å². The van der Waals surface area contributed by atoms with E-state index < -0.39 is 6.03 Å². The number of aromatic nitrogens is 2. The van der Waals surface area contributed by atoms with Gasteiger partial charge in [-0.05, 0) is 34.0 Å². The molecule has 11 heteroatoms. The Balaban J connectivity index is 1.95. The number of urea groups is 1. The molecule has 0 aliphatic carbocycles. The molecule has 1 aromatic heterocycles. The number of hydrogen-bond acceptors (Lipinski definition) is 6. The van der Waals surface area contributed by atoms with Crippen LogP contribution in [0.15, 0.2) is 44.8 Å². The van der Waals surface area contributed by atoms with E-state index in [9.17, 15) is 9.59 Å². The number of carbonyl (C=O) groups excluding carboxylic acids is 1. The number of halogens is 2. The Bertz CT molecular complexity index is 1040. The molecule has 146 valence electrons. The summed E-state index contributed by atoms with van der Waals surface area (Å²) in [4.78, 5) is 24.0. The fraction of sp³-hybridized carbons (Fsp3) is 0.176. The van der Waals surface area contributed by atoms with Crippen molar-refractivity contribution in [3.8, 4) is 11.6 Å². The molecule has 4 N–H and O–H groups in total. The van der Waals surface area contributed by atoms with Gasteiger partial charge in [0, 0.05) is 11.6 Å². The first-order chi connectivity index (χ1) is 13.2. The van der Waals surface area contributed by atoms with Gasteiger partial charge in [0.1, 0.15) is 0 Å². The number of nitrogens with zero attached hydrogens (tertiary/aromatic N) is 3.